The number of nitrogens with one attached hydrogen (secondary N) is 1. The lowest BCUT2D eigenvalue weighted by molar-refractivity contribution is 1.22. The van der Waals surface area contributed by atoms with Gasteiger partial charge in [0.2, 0.25) is 0 Å². The van der Waals surface area contributed by atoms with Crippen LogP contribution in [0.2, 0.25) is 5.02 Å². The Hall–Kier alpha value is -2.91. The van der Waals surface area contributed by atoms with Gasteiger partial charge in [-0.05, 0) is 61.4 Å². The molecule has 0 aliphatic rings. The lowest BCUT2D eigenvalue weighted by atomic mass is 10.1. The minimum absolute atomic E-state index is 0.612. The highest BCUT2D eigenvalue weighted by molar-refractivity contribution is 6.33. The SMILES string of the molecule is Cc1ccc(Nc2nc(-c3ccccc3Cl)nc3ccccc23)cc1C. The van der Waals surface area contributed by atoms with E-state index in [0.717, 1.165) is 28.0 Å². The predicted molar refractivity (Wildman–Crippen MR) is 109 cm³/mol. The van der Waals surface area contributed by atoms with Crippen LogP contribution in [0.25, 0.3) is 22.3 Å². The smallest absolute Gasteiger partial charge is 0.163 e. The summed E-state index contributed by atoms with van der Waals surface area (Å²) in [6.07, 6.45) is 0. The zero-order chi connectivity index (χ0) is 18.1. The molecule has 0 aliphatic carbocycles. The molecule has 1 N–H and O–H groups in total. The van der Waals surface area contributed by atoms with E-state index < -0.39 is 0 Å². The van der Waals surface area contributed by atoms with Crippen LogP contribution in [0.15, 0.2) is 66.7 Å². The van der Waals surface area contributed by atoms with Crippen molar-refractivity contribution in [3.63, 3.8) is 0 Å². The van der Waals surface area contributed by atoms with E-state index in [1.165, 1.54) is 11.1 Å². The number of anilines is 2. The lowest BCUT2D eigenvalue weighted by Crippen LogP contribution is -2.00. The van der Waals surface area contributed by atoms with Gasteiger partial charge in [0.1, 0.15) is 5.82 Å². The summed E-state index contributed by atoms with van der Waals surface area (Å²) < 4.78 is 0. The van der Waals surface area contributed by atoms with Crippen molar-refractivity contribution in [1.82, 2.24) is 9.97 Å². The molecule has 4 aromatic rings. The summed E-state index contributed by atoms with van der Waals surface area (Å²) in [6, 6.07) is 21.9. The zero-order valence-corrected chi connectivity index (χ0v) is 15.4. The topological polar surface area (TPSA) is 37.8 Å². The first-order valence-electron chi connectivity index (χ1n) is 8.48. The molecule has 0 fully saturated rings. The van der Waals surface area contributed by atoms with Crippen molar-refractivity contribution in [2.24, 2.45) is 0 Å². The van der Waals surface area contributed by atoms with E-state index in [1.807, 2.05) is 48.5 Å². The van der Waals surface area contributed by atoms with Crippen LogP contribution >= 0.6 is 11.6 Å². The van der Waals surface area contributed by atoms with Gasteiger partial charge in [0, 0.05) is 16.6 Å². The molecule has 4 rings (SSSR count). The van der Waals surface area contributed by atoms with Gasteiger partial charge in [-0.2, -0.15) is 0 Å². The van der Waals surface area contributed by atoms with Crippen LogP contribution in [0.1, 0.15) is 11.1 Å². The second kappa shape index (κ2) is 6.77. The number of para-hydroxylation sites is 1. The van der Waals surface area contributed by atoms with Crippen molar-refractivity contribution in [2.45, 2.75) is 13.8 Å². The Labute approximate surface area is 157 Å². The quantitative estimate of drug-likeness (QED) is 0.465. The summed E-state index contributed by atoms with van der Waals surface area (Å²) in [7, 11) is 0. The van der Waals surface area contributed by atoms with E-state index in [2.05, 4.69) is 37.4 Å². The first kappa shape index (κ1) is 16.6. The highest BCUT2D eigenvalue weighted by Crippen LogP contribution is 2.30. The fourth-order valence-electron chi connectivity index (χ4n) is 2.89. The van der Waals surface area contributed by atoms with Crippen LogP contribution in [-0.4, -0.2) is 9.97 Å². The molecule has 26 heavy (non-hydrogen) atoms. The van der Waals surface area contributed by atoms with Crippen molar-refractivity contribution in [3.8, 4) is 11.4 Å². The molecule has 1 heterocycles. The highest BCUT2D eigenvalue weighted by atomic mass is 35.5. The van der Waals surface area contributed by atoms with Crippen LogP contribution in [-0.2, 0) is 0 Å². The molecule has 3 nitrogen and oxygen atoms in total. The summed E-state index contributed by atoms with van der Waals surface area (Å²) in [4.78, 5) is 9.48. The number of fused-ring (bicyclic) bond motifs is 1. The molecule has 3 aromatic carbocycles. The molecule has 0 saturated heterocycles. The van der Waals surface area contributed by atoms with Gasteiger partial charge >= 0.3 is 0 Å². The fourth-order valence-corrected chi connectivity index (χ4v) is 3.11. The summed E-state index contributed by atoms with van der Waals surface area (Å²) in [5.41, 5.74) is 5.20. The monoisotopic (exact) mass is 359 g/mol. The summed E-state index contributed by atoms with van der Waals surface area (Å²) in [5.74, 6) is 1.38. The standard InChI is InChI=1S/C22H18ClN3/c1-14-11-12-16(13-15(14)2)24-22-18-8-4-6-10-20(18)25-21(26-22)17-7-3-5-9-19(17)23/h3-13H,1-2H3,(H,24,25,26). The molecule has 0 amide bonds. The third kappa shape index (κ3) is 3.14. The Morgan fingerprint density at radius 1 is 0.808 bits per heavy atom. The zero-order valence-electron chi connectivity index (χ0n) is 14.6. The van der Waals surface area contributed by atoms with Gasteiger partial charge in [-0.25, -0.2) is 9.97 Å². The average molecular weight is 360 g/mol. The third-order valence-corrected chi connectivity index (χ3v) is 4.82. The summed E-state index contributed by atoms with van der Waals surface area (Å²) in [5, 5.41) is 5.06. The fraction of sp³-hybridized carbons (Fsp3) is 0.0909. The highest BCUT2D eigenvalue weighted by Gasteiger charge is 2.12. The maximum Gasteiger partial charge on any atom is 0.163 e. The van der Waals surface area contributed by atoms with Crippen molar-refractivity contribution < 1.29 is 0 Å². The Bertz CT molecular complexity index is 1110. The Balaban J connectivity index is 1.87. The molecule has 0 radical (unpaired) electrons. The van der Waals surface area contributed by atoms with Crippen LogP contribution in [0.5, 0.6) is 0 Å². The predicted octanol–water partition coefficient (Wildman–Crippen LogP) is 6.31. The van der Waals surface area contributed by atoms with E-state index >= 15 is 0 Å². The average Bonchev–Trinajstić information content (AvgIpc) is 2.65. The number of hydrogen-bond donors (Lipinski definition) is 1. The van der Waals surface area contributed by atoms with Crippen molar-refractivity contribution in [2.75, 3.05) is 5.32 Å². The van der Waals surface area contributed by atoms with Crippen molar-refractivity contribution in [3.05, 3.63) is 82.9 Å². The third-order valence-electron chi connectivity index (χ3n) is 4.49. The number of rotatable bonds is 3. The normalized spacial score (nSPS) is 10.9. The van der Waals surface area contributed by atoms with Crippen LogP contribution in [0, 0.1) is 13.8 Å². The van der Waals surface area contributed by atoms with Gasteiger partial charge in [-0.1, -0.05) is 41.9 Å². The maximum absolute atomic E-state index is 6.36. The molecular weight excluding hydrogens is 342 g/mol. The van der Waals surface area contributed by atoms with Gasteiger partial charge in [0.15, 0.2) is 5.82 Å². The summed E-state index contributed by atoms with van der Waals surface area (Å²) in [6.45, 7) is 4.21. The molecule has 4 heteroatoms. The number of halogens is 1. The first-order valence-corrected chi connectivity index (χ1v) is 8.85. The van der Waals surface area contributed by atoms with Crippen LogP contribution in [0.3, 0.4) is 0 Å². The van der Waals surface area contributed by atoms with E-state index in [-0.39, 0.29) is 0 Å². The molecule has 0 unspecified atom stereocenters. The number of aromatic nitrogens is 2. The molecule has 0 saturated carbocycles. The second-order valence-electron chi connectivity index (χ2n) is 6.32. The van der Waals surface area contributed by atoms with Crippen LogP contribution in [0.4, 0.5) is 11.5 Å². The number of nitrogens with zero attached hydrogens (tertiary/aromatic N) is 2. The molecule has 0 bridgehead atoms. The Kier molecular flexibility index (Phi) is 4.31. The van der Waals surface area contributed by atoms with Crippen molar-refractivity contribution >= 4 is 34.0 Å². The van der Waals surface area contributed by atoms with Gasteiger partial charge in [-0.15, -0.1) is 0 Å². The summed E-state index contributed by atoms with van der Waals surface area (Å²) >= 11 is 6.36. The minimum atomic E-state index is 0.612. The molecule has 0 atom stereocenters. The van der Waals surface area contributed by atoms with Crippen molar-refractivity contribution in [1.29, 1.82) is 0 Å². The second-order valence-corrected chi connectivity index (χ2v) is 6.72. The molecule has 128 valence electrons. The van der Waals surface area contributed by atoms with Gasteiger partial charge < -0.3 is 5.32 Å². The largest absolute Gasteiger partial charge is 0.340 e. The lowest BCUT2D eigenvalue weighted by Gasteiger charge is -2.12. The van der Waals surface area contributed by atoms with E-state index in [0.29, 0.717) is 10.8 Å². The first-order chi connectivity index (χ1) is 12.6. The molecule has 0 aliphatic heterocycles. The molecule has 0 spiro atoms. The molecular formula is C22H18ClN3. The van der Waals surface area contributed by atoms with Crippen LogP contribution < -0.4 is 5.32 Å². The Morgan fingerprint density at radius 3 is 2.38 bits per heavy atom. The van der Waals surface area contributed by atoms with E-state index in [1.54, 1.807) is 0 Å². The van der Waals surface area contributed by atoms with Gasteiger partial charge in [-0.3, -0.25) is 0 Å². The van der Waals surface area contributed by atoms with Gasteiger partial charge in [0.25, 0.3) is 0 Å². The molecule has 1 aromatic heterocycles. The van der Waals surface area contributed by atoms with E-state index in [4.69, 9.17) is 21.6 Å². The van der Waals surface area contributed by atoms with E-state index in [9.17, 15) is 0 Å². The maximum atomic E-state index is 6.36. The van der Waals surface area contributed by atoms with Gasteiger partial charge in [0.05, 0.1) is 10.5 Å². The minimum Gasteiger partial charge on any atom is -0.340 e. The Morgan fingerprint density at radius 2 is 1.58 bits per heavy atom. The number of aryl methyl sites for hydroxylation is 2. The number of benzene rings is 3. The number of hydrogen-bond acceptors (Lipinski definition) is 3.